The molecule has 0 atom stereocenters. The molecule has 2 N–H and O–H groups in total. The Morgan fingerprint density at radius 1 is 1.36 bits per heavy atom. The minimum atomic E-state index is -0.154. The van der Waals surface area contributed by atoms with Gasteiger partial charge in [0.25, 0.3) is 5.91 Å². The van der Waals surface area contributed by atoms with Crippen LogP contribution in [0.1, 0.15) is 33.7 Å². The number of nitrogens with one attached hydrogen (secondary N) is 2. The Morgan fingerprint density at radius 2 is 2.23 bits per heavy atom. The van der Waals surface area contributed by atoms with Gasteiger partial charge in [-0.2, -0.15) is 5.10 Å². The van der Waals surface area contributed by atoms with E-state index >= 15 is 0 Å². The number of carbonyl (C=O) groups excluding carboxylic acids is 1. The van der Waals surface area contributed by atoms with Crippen LogP contribution in [0.25, 0.3) is 11.0 Å². The lowest BCUT2D eigenvalue weighted by molar-refractivity contribution is 0.0927. The van der Waals surface area contributed by atoms with E-state index in [1.54, 1.807) is 6.20 Å². The van der Waals surface area contributed by atoms with E-state index in [9.17, 15) is 4.79 Å². The summed E-state index contributed by atoms with van der Waals surface area (Å²) >= 11 is 0. The fraction of sp³-hybridized carbons (Fsp3) is 0.294. The van der Waals surface area contributed by atoms with Gasteiger partial charge in [0.2, 0.25) is 0 Å². The molecule has 114 valence electrons. The molecule has 1 aromatic carbocycles. The third kappa shape index (κ3) is 2.88. The quantitative estimate of drug-likeness (QED) is 0.711. The van der Waals surface area contributed by atoms with Crippen molar-refractivity contribution in [2.75, 3.05) is 6.54 Å². The molecule has 0 aliphatic carbocycles. The number of hydrogen-bond donors (Lipinski definition) is 2. The van der Waals surface area contributed by atoms with Gasteiger partial charge < -0.3 is 9.73 Å². The van der Waals surface area contributed by atoms with Crippen LogP contribution in [0.4, 0.5) is 0 Å². The number of nitrogens with zero attached hydrogens (tertiary/aromatic N) is 1. The van der Waals surface area contributed by atoms with Crippen LogP contribution >= 0.6 is 0 Å². The molecule has 0 radical (unpaired) electrons. The summed E-state index contributed by atoms with van der Waals surface area (Å²) < 4.78 is 5.72. The number of rotatable bonds is 5. The number of aromatic amines is 1. The van der Waals surface area contributed by atoms with Crippen LogP contribution in [-0.2, 0) is 6.42 Å². The lowest BCUT2D eigenvalue weighted by atomic mass is 10.1. The van der Waals surface area contributed by atoms with Gasteiger partial charge in [0.15, 0.2) is 5.76 Å². The molecule has 2 heterocycles. The first kappa shape index (κ1) is 14.4. The Kier molecular flexibility index (Phi) is 3.96. The summed E-state index contributed by atoms with van der Waals surface area (Å²) in [5.41, 5.74) is 3.92. The Balaban J connectivity index is 1.63. The van der Waals surface area contributed by atoms with E-state index in [-0.39, 0.29) is 5.91 Å². The molecule has 0 unspecified atom stereocenters. The summed E-state index contributed by atoms with van der Waals surface area (Å²) in [5, 5.41) is 10.6. The van der Waals surface area contributed by atoms with Crippen molar-refractivity contribution in [2.45, 2.75) is 26.7 Å². The predicted molar refractivity (Wildman–Crippen MR) is 84.9 cm³/mol. The SMILES string of the molecule is Cc1ccc2c(C)c(C(=O)NCCCc3cn[nH]c3)oc2c1. The topological polar surface area (TPSA) is 70.9 Å². The van der Waals surface area contributed by atoms with Crippen molar-refractivity contribution in [1.82, 2.24) is 15.5 Å². The molecule has 0 saturated heterocycles. The van der Waals surface area contributed by atoms with E-state index in [1.165, 1.54) is 0 Å². The van der Waals surface area contributed by atoms with Gasteiger partial charge in [0, 0.05) is 23.7 Å². The highest BCUT2D eigenvalue weighted by molar-refractivity contribution is 5.98. The van der Waals surface area contributed by atoms with Crippen LogP contribution < -0.4 is 5.32 Å². The molecule has 2 aromatic heterocycles. The number of fused-ring (bicyclic) bond motifs is 1. The molecule has 5 nitrogen and oxygen atoms in total. The number of benzene rings is 1. The van der Waals surface area contributed by atoms with E-state index in [4.69, 9.17) is 4.42 Å². The van der Waals surface area contributed by atoms with Gasteiger partial charge in [-0.15, -0.1) is 0 Å². The van der Waals surface area contributed by atoms with Gasteiger partial charge in [-0.25, -0.2) is 0 Å². The summed E-state index contributed by atoms with van der Waals surface area (Å²) in [4.78, 5) is 12.3. The predicted octanol–water partition coefficient (Wildman–Crippen LogP) is 3.14. The smallest absolute Gasteiger partial charge is 0.287 e. The molecular formula is C17H19N3O2. The zero-order valence-corrected chi connectivity index (χ0v) is 12.8. The van der Waals surface area contributed by atoms with Crippen molar-refractivity contribution < 1.29 is 9.21 Å². The maximum atomic E-state index is 12.3. The normalized spacial score (nSPS) is 11.0. The third-order valence-electron chi connectivity index (χ3n) is 3.78. The molecule has 22 heavy (non-hydrogen) atoms. The van der Waals surface area contributed by atoms with Gasteiger partial charge in [-0.1, -0.05) is 12.1 Å². The van der Waals surface area contributed by atoms with Crippen molar-refractivity contribution in [3.63, 3.8) is 0 Å². The van der Waals surface area contributed by atoms with Crippen molar-refractivity contribution in [3.8, 4) is 0 Å². The number of aryl methyl sites for hydroxylation is 3. The lowest BCUT2D eigenvalue weighted by Crippen LogP contribution is -2.24. The Labute approximate surface area is 128 Å². The van der Waals surface area contributed by atoms with Gasteiger partial charge >= 0.3 is 0 Å². The van der Waals surface area contributed by atoms with E-state index < -0.39 is 0 Å². The van der Waals surface area contributed by atoms with E-state index in [2.05, 4.69) is 15.5 Å². The third-order valence-corrected chi connectivity index (χ3v) is 3.78. The number of carbonyl (C=O) groups is 1. The van der Waals surface area contributed by atoms with E-state index in [0.29, 0.717) is 12.3 Å². The molecule has 0 aliphatic rings. The first-order valence-corrected chi connectivity index (χ1v) is 7.41. The minimum absolute atomic E-state index is 0.154. The van der Waals surface area contributed by atoms with Crippen LogP contribution in [0.5, 0.6) is 0 Å². The van der Waals surface area contributed by atoms with Crippen molar-refractivity contribution in [3.05, 3.63) is 53.0 Å². The van der Waals surface area contributed by atoms with Gasteiger partial charge in [0.05, 0.1) is 6.20 Å². The Bertz CT molecular complexity index is 788. The highest BCUT2D eigenvalue weighted by atomic mass is 16.3. The fourth-order valence-corrected chi connectivity index (χ4v) is 2.54. The number of amides is 1. The second-order valence-corrected chi connectivity index (χ2v) is 5.52. The van der Waals surface area contributed by atoms with Crippen molar-refractivity contribution >= 4 is 16.9 Å². The molecule has 0 spiro atoms. The maximum absolute atomic E-state index is 12.3. The first-order valence-electron chi connectivity index (χ1n) is 7.41. The van der Waals surface area contributed by atoms with Crippen LogP contribution in [0.15, 0.2) is 35.0 Å². The fourth-order valence-electron chi connectivity index (χ4n) is 2.54. The monoisotopic (exact) mass is 297 g/mol. The zero-order chi connectivity index (χ0) is 15.5. The van der Waals surface area contributed by atoms with Crippen LogP contribution in [0, 0.1) is 13.8 Å². The Morgan fingerprint density at radius 3 is 3.00 bits per heavy atom. The standard InChI is InChI=1S/C17H19N3O2/c1-11-5-6-14-12(2)16(22-15(14)8-11)17(21)18-7-3-4-13-9-19-20-10-13/h5-6,8-10H,3-4,7H2,1-2H3,(H,18,21)(H,19,20). The second-order valence-electron chi connectivity index (χ2n) is 5.52. The van der Waals surface area contributed by atoms with Crippen molar-refractivity contribution in [2.24, 2.45) is 0 Å². The van der Waals surface area contributed by atoms with Gasteiger partial charge in [0.1, 0.15) is 5.58 Å². The highest BCUT2D eigenvalue weighted by Gasteiger charge is 2.17. The molecule has 3 aromatic rings. The minimum Gasteiger partial charge on any atom is -0.451 e. The summed E-state index contributed by atoms with van der Waals surface area (Å²) in [6, 6.07) is 5.98. The number of hydrogen-bond acceptors (Lipinski definition) is 3. The summed E-state index contributed by atoms with van der Waals surface area (Å²) in [6.07, 6.45) is 5.42. The molecule has 0 bridgehead atoms. The largest absolute Gasteiger partial charge is 0.451 e. The van der Waals surface area contributed by atoms with E-state index in [1.807, 2.05) is 38.2 Å². The van der Waals surface area contributed by atoms with Crippen LogP contribution in [-0.4, -0.2) is 22.6 Å². The molecule has 1 amide bonds. The molecule has 0 saturated carbocycles. The lowest BCUT2D eigenvalue weighted by Gasteiger charge is -2.03. The Hall–Kier alpha value is -2.56. The number of aromatic nitrogens is 2. The molecule has 0 fully saturated rings. The molecule has 0 aliphatic heterocycles. The second kappa shape index (κ2) is 6.05. The molecular weight excluding hydrogens is 278 g/mol. The van der Waals surface area contributed by atoms with Gasteiger partial charge in [-0.05, 0) is 43.9 Å². The summed E-state index contributed by atoms with van der Waals surface area (Å²) in [5.74, 6) is 0.252. The van der Waals surface area contributed by atoms with Crippen molar-refractivity contribution in [1.29, 1.82) is 0 Å². The zero-order valence-electron chi connectivity index (χ0n) is 12.8. The van der Waals surface area contributed by atoms with Crippen LogP contribution in [0.2, 0.25) is 0 Å². The summed E-state index contributed by atoms with van der Waals surface area (Å²) in [7, 11) is 0. The van der Waals surface area contributed by atoms with Gasteiger partial charge in [-0.3, -0.25) is 9.89 Å². The number of H-pyrrole nitrogens is 1. The average molecular weight is 297 g/mol. The average Bonchev–Trinajstić information content (AvgIpc) is 3.11. The first-order chi connectivity index (χ1) is 10.6. The number of furan rings is 1. The maximum Gasteiger partial charge on any atom is 0.287 e. The van der Waals surface area contributed by atoms with E-state index in [0.717, 1.165) is 40.5 Å². The summed E-state index contributed by atoms with van der Waals surface area (Å²) in [6.45, 7) is 4.54. The van der Waals surface area contributed by atoms with Crippen LogP contribution in [0.3, 0.4) is 0 Å². The highest BCUT2D eigenvalue weighted by Crippen LogP contribution is 2.25. The molecule has 3 rings (SSSR count). The molecule has 5 heteroatoms.